The van der Waals surface area contributed by atoms with Crippen LogP contribution in [0.2, 0.25) is 0 Å². The van der Waals surface area contributed by atoms with E-state index in [1.807, 2.05) is 6.92 Å². The number of ether oxygens (including phenoxy) is 2. The van der Waals surface area contributed by atoms with E-state index in [2.05, 4.69) is 52.2 Å². The third kappa shape index (κ3) is 6.09. The van der Waals surface area contributed by atoms with Crippen LogP contribution < -0.4 is 20.7 Å². The van der Waals surface area contributed by atoms with Crippen molar-refractivity contribution in [2.45, 2.75) is 58.4 Å². The predicted molar refractivity (Wildman–Crippen MR) is 127 cm³/mol. The summed E-state index contributed by atoms with van der Waals surface area (Å²) in [6.45, 7) is 9.13. The molecule has 1 aromatic carbocycles. The minimum atomic E-state index is -0.285. The SMILES string of the molecule is CCOc1ncc(Nc2cc([C@H](CC)CC(N)=O)ccc2N(CC)C2CCOCC2)cn1. The van der Waals surface area contributed by atoms with E-state index in [4.69, 9.17) is 15.2 Å². The van der Waals surface area contributed by atoms with Gasteiger partial charge in [0.25, 0.3) is 0 Å². The first-order valence-electron chi connectivity index (χ1n) is 11.5. The first-order chi connectivity index (χ1) is 15.5. The van der Waals surface area contributed by atoms with Crippen LogP contribution in [0.3, 0.4) is 0 Å². The van der Waals surface area contributed by atoms with E-state index < -0.39 is 0 Å². The second-order valence-corrected chi connectivity index (χ2v) is 7.99. The zero-order valence-electron chi connectivity index (χ0n) is 19.3. The largest absolute Gasteiger partial charge is 0.464 e. The Morgan fingerprint density at radius 2 is 1.97 bits per heavy atom. The molecule has 2 aromatic rings. The van der Waals surface area contributed by atoms with Gasteiger partial charge in [0.05, 0.1) is 36.1 Å². The van der Waals surface area contributed by atoms with Crippen LogP contribution >= 0.6 is 0 Å². The minimum Gasteiger partial charge on any atom is -0.464 e. The molecule has 0 spiro atoms. The lowest BCUT2D eigenvalue weighted by Crippen LogP contribution is -2.39. The summed E-state index contributed by atoms with van der Waals surface area (Å²) in [6, 6.07) is 7.18. The number of benzene rings is 1. The van der Waals surface area contributed by atoms with Gasteiger partial charge in [0.2, 0.25) is 5.91 Å². The van der Waals surface area contributed by atoms with Gasteiger partial charge in [-0.05, 0) is 56.7 Å². The van der Waals surface area contributed by atoms with Gasteiger partial charge < -0.3 is 25.4 Å². The van der Waals surface area contributed by atoms with Crippen LogP contribution in [0.5, 0.6) is 6.01 Å². The Kier molecular flexibility index (Phi) is 8.67. The lowest BCUT2D eigenvalue weighted by Gasteiger charge is -2.37. The number of carbonyl (C=O) groups excluding carboxylic acids is 1. The number of nitrogens with two attached hydrogens (primary N) is 1. The molecule has 0 aliphatic carbocycles. The molecule has 3 rings (SSSR count). The number of hydrogen-bond donors (Lipinski definition) is 2. The third-order valence-corrected chi connectivity index (χ3v) is 5.89. The van der Waals surface area contributed by atoms with Gasteiger partial charge in [-0.3, -0.25) is 4.79 Å². The fraction of sp³-hybridized carbons (Fsp3) is 0.542. The summed E-state index contributed by atoms with van der Waals surface area (Å²) in [5.74, 6) is -0.204. The third-order valence-electron chi connectivity index (χ3n) is 5.89. The summed E-state index contributed by atoms with van der Waals surface area (Å²) in [6.07, 6.45) is 6.62. The van der Waals surface area contributed by atoms with Gasteiger partial charge in [-0.15, -0.1) is 0 Å². The Bertz CT molecular complexity index is 868. The fourth-order valence-corrected chi connectivity index (χ4v) is 4.26. The van der Waals surface area contributed by atoms with Crippen molar-refractivity contribution in [1.29, 1.82) is 0 Å². The van der Waals surface area contributed by atoms with Crippen LogP contribution in [-0.2, 0) is 9.53 Å². The van der Waals surface area contributed by atoms with Crippen LogP contribution in [0.4, 0.5) is 17.1 Å². The summed E-state index contributed by atoms with van der Waals surface area (Å²) in [7, 11) is 0. The standard InChI is InChI=1S/C24H35N5O3/c1-4-17(14-23(25)30)18-7-8-22(29(5-2)20-9-11-31-12-10-20)21(13-18)28-19-15-26-24(27-16-19)32-6-3/h7-8,13,15-17,20,28H,4-6,9-12,14H2,1-3H3,(H2,25,30)/t17-/m1/s1. The Morgan fingerprint density at radius 3 is 2.56 bits per heavy atom. The zero-order chi connectivity index (χ0) is 22.9. The highest BCUT2D eigenvalue weighted by atomic mass is 16.5. The van der Waals surface area contributed by atoms with Gasteiger partial charge >= 0.3 is 6.01 Å². The minimum absolute atomic E-state index is 0.0804. The van der Waals surface area contributed by atoms with Gasteiger partial charge in [0.1, 0.15) is 0 Å². The second-order valence-electron chi connectivity index (χ2n) is 7.99. The number of rotatable bonds is 11. The van der Waals surface area contributed by atoms with Crippen molar-refractivity contribution in [3.8, 4) is 6.01 Å². The quantitative estimate of drug-likeness (QED) is 0.543. The molecule has 1 amide bonds. The Balaban J connectivity index is 1.96. The monoisotopic (exact) mass is 441 g/mol. The Labute approximate surface area is 190 Å². The molecule has 1 aromatic heterocycles. The summed E-state index contributed by atoms with van der Waals surface area (Å²) >= 11 is 0. The Hall–Kier alpha value is -2.87. The summed E-state index contributed by atoms with van der Waals surface area (Å²) in [5, 5.41) is 3.50. The molecule has 0 unspecified atom stereocenters. The number of amides is 1. The van der Waals surface area contributed by atoms with E-state index in [0.29, 0.717) is 25.1 Å². The van der Waals surface area contributed by atoms with E-state index >= 15 is 0 Å². The highest BCUT2D eigenvalue weighted by Gasteiger charge is 2.24. The maximum Gasteiger partial charge on any atom is 0.316 e. The van der Waals surface area contributed by atoms with Crippen molar-refractivity contribution in [3.63, 3.8) is 0 Å². The van der Waals surface area contributed by atoms with Gasteiger partial charge in [-0.25, -0.2) is 9.97 Å². The van der Waals surface area contributed by atoms with Crippen LogP contribution in [-0.4, -0.2) is 48.3 Å². The van der Waals surface area contributed by atoms with E-state index in [9.17, 15) is 4.79 Å². The molecular weight excluding hydrogens is 406 g/mol. The summed E-state index contributed by atoms with van der Waals surface area (Å²) in [4.78, 5) is 22.6. The van der Waals surface area contributed by atoms with Gasteiger partial charge in [0, 0.05) is 32.2 Å². The first-order valence-corrected chi connectivity index (χ1v) is 11.5. The molecule has 1 aliphatic heterocycles. The van der Waals surface area contributed by atoms with Crippen molar-refractivity contribution >= 4 is 23.0 Å². The fourth-order valence-electron chi connectivity index (χ4n) is 4.26. The average Bonchev–Trinajstić information content (AvgIpc) is 2.81. The predicted octanol–water partition coefficient (Wildman–Crippen LogP) is 3.99. The maximum absolute atomic E-state index is 11.6. The molecule has 1 fully saturated rings. The van der Waals surface area contributed by atoms with Crippen LogP contribution in [0.1, 0.15) is 57.9 Å². The van der Waals surface area contributed by atoms with Crippen molar-refractivity contribution in [2.75, 3.05) is 36.6 Å². The molecule has 32 heavy (non-hydrogen) atoms. The zero-order valence-corrected chi connectivity index (χ0v) is 19.3. The van der Waals surface area contributed by atoms with E-state index in [0.717, 1.165) is 61.6 Å². The van der Waals surface area contributed by atoms with Gasteiger partial charge in [0.15, 0.2) is 0 Å². The molecule has 1 aliphatic rings. The number of anilines is 3. The maximum atomic E-state index is 11.6. The molecule has 2 heterocycles. The van der Waals surface area contributed by atoms with Crippen LogP contribution in [0, 0.1) is 0 Å². The van der Waals surface area contributed by atoms with E-state index in [1.165, 1.54) is 0 Å². The van der Waals surface area contributed by atoms with Crippen molar-refractivity contribution in [2.24, 2.45) is 5.73 Å². The molecule has 0 bridgehead atoms. The molecule has 1 atom stereocenters. The molecule has 3 N–H and O–H groups in total. The first kappa shape index (κ1) is 23.8. The van der Waals surface area contributed by atoms with Crippen molar-refractivity contribution in [1.82, 2.24) is 9.97 Å². The number of nitrogens with zero attached hydrogens (tertiary/aromatic N) is 3. The van der Waals surface area contributed by atoms with Crippen LogP contribution in [0.15, 0.2) is 30.6 Å². The molecular formula is C24H35N5O3. The lowest BCUT2D eigenvalue weighted by atomic mass is 9.92. The number of aromatic nitrogens is 2. The highest BCUT2D eigenvalue weighted by Crippen LogP contribution is 2.36. The van der Waals surface area contributed by atoms with Crippen molar-refractivity contribution < 1.29 is 14.3 Å². The smallest absolute Gasteiger partial charge is 0.316 e. The molecule has 0 radical (unpaired) electrons. The molecule has 8 heteroatoms. The van der Waals surface area contributed by atoms with E-state index in [1.54, 1.807) is 12.4 Å². The highest BCUT2D eigenvalue weighted by molar-refractivity contribution is 5.78. The number of nitrogens with one attached hydrogen (secondary N) is 1. The topological polar surface area (TPSA) is 103 Å². The summed E-state index contributed by atoms with van der Waals surface area (Å²) in [5.41, 5.74) is 9.45. The summed E-state index contributed by atoms with van der Waals surface area (Å²) < 4.78 is 10.9. The van der Waals surface area contributed by atoms with Crippen molar-refractivity contribution in [3.05, 3.63) is 36.2 Å². The Morgan fingerprint density at radius 1 is 1.25 bits per heavy atom. The normalized spacial score (nSPS) is 15.2. The number of primary amides is 1. The van der Waals surface area contributed by atoms with E-state index in [-0.39, 0.29) is 11.8 Å². The van der Waals surface area contributed by atoms with Gasteiger partial charge in [-0.2, -0.15) is 0 Å². The average molecular weight is 442 g/mol. The molecule has 174 valence electrons. The number of carbonyl (C=O) groups is 1. The van der Waals surface area contributed by atoms with Crippen LogP contribution in [0.25, 0.3) is 0 Å². The molecule has 1 saturated heterocycles. The lowest BCUT2D eigenvalue weighted by molar-refractivity contribution is -0.118. The molecule has 8 nitrogen and oxygen atoms in total. The molecule has 0 saturated carbocycles. The number of hydrogen-bond acceptors (Lipinski definition) is 7. The van der Waals surface area contributed by atoms with Gasteiger partial charge in [-0.1, -0.05) is 13.0 Å². The second kappa shape index (κ2) is 11.7.